The van der Waals surface area contributed by atoms with Gasteiger partial charge < -0.3 is 5.32 Å². The molecule has 1 aromatic carbocycles. The number of rotatable bonds is 4. The Kier molecular flexibility index (Phi) is 3.22. The Hall–Kier alpha value is -1.08. The second-order valence-corrected chi connectivity index (χ2v) is 4.78. The summed E-state index contributed by atoms with van der Waals surface area (Å²) in [7, 11) is 0. The summed E-state index contributed by atoms with van der Waals surface area (Å²) in [5.41, 5.74) is 1.82. The first-order valence-electron chi connectivity index (χ1n) is 5.68. The molecule has 0 fully saturated rings. The molecule has 2 rings (SSSR count). The first kappa shape index (κ1) is 10.4. The van der Waals surface area contributed by atoms with E-state index in [0.717, 1.165) is 13.1 Å². The van der Waals surface area contributed by atoms with Crippen molar-refractivity contribution in [3.05, 3.63) is 48.0 Å². The van der Waals surface area contributed by atoms with E-state index in [1.807, 2.05) is 0 Å². The van der Waals surface area contributed by atoms with Crippen LogP contribution in [0, 0.1) is 5.41 Å². The maximum Gasteiger partial charge on any atom is 0.0205 e. The van der Waals surface area contributed by atoms with Crippen molar-refractivity contribution in [1.82, 2.24) is 5.32 Å². The number of allylic oxidation sites excluding steroid dienone is 2. The number of hydrogen-bond donors (Lipinski definition) is 1. The number of benzene rings is 1. The molecule has 0 radical (unpaired) electrons. The van der Waals surface area contributed by atoms with Crippen LogP contribution < -0.4 is 5.32 Å². The van der Waals surface area contributed by atoms with Gasteiger partial charge in [0.15, 0.2) is 0 Å². The Bertz CT molecular complexity index is 318. The summed E-state index contributed by atoms with van der Waals surface area (Å²) < 4.78 is 0. The Balaban J connectivity index is 1.76. The largest absolute Gasteiger partial charge is 0.312 e. The number of hydrogen-bond acceptors (Lipinski definition) is 1. The molecule has 0 bridgehead atoms. The summed E-state index contributed by atoms with van der Waals surface area (Å²) in [6.45, 7) is 4.44. The van der Waals surface area contributed by atoms with Gasteiger partial charge in [0.1, 0.15) is 0 Å². The lowest BCUT2D eigenvalue weighted by Crippen LogP contribution is -2.29. The van der Waals surface area contributed by atoms with E-state index in [1.165, 1.54) is 18.4 Å². The van der Waals surface area contributed by atoms with Gasteiger partial charge in [0.05, 0.1) is 0 Å². The minimum Gasteiger partial charge on any atom is -0.312 e. The molecule has 1 aliphatic carbocycles. The quantitative estimate of drug-likeness (QED) is 0.738. The van der Waals surface area contributed by atoms with Crippen molar-refractivity contribution in [1.29, 1.82) is 0 Å². The molecule has 1 N–H and O–H groups in total. The minimum atomic E-state index is 0.453. The third kappa shape index (κ3) is 2.93. The Morgan fingerprint density at radius 2 is 1.80 bits per heavy atom. The van der Waals surface area contributed by atoms with Crippen LogP contribution in [0.25, 0.3) is 0 Å². The highest BCUT2D eigenvalue weighted by molar-refractivity contribution is 5.14. The van der Waals surface area contributed by atoms with Gasteiger partial charge in [-0.1, -0.05) is 49.4 Å². The predicted octanol–water partition coefficient (Wildman–Crippen LogP) is 3.13. The molecular formula is C14H19N. The molecule has 1 aliphatic rings. The van der Waals surface area contributed by atoms with Crippen molar-refractivity contribution in [2.45, 2.75) is 26.3 Å². The van der Waals surface area contributed by atoms with Crippen LogP contribution in [0.5, 0.6) is 0 Å². The zero-order valence-corrected chi connectivity index (χ0v) is 9.37. The SMILES string of the molecule is CC1(CNCc2ccccc2)CC=CC1. The highest BCUT2D eigenvalue weighted by Crippen LogP contribution is 2.31. The molecule has 0 aliphatic heterocycles. The molecule has 0 saturated heterocycles. The average Bonchev–Trinajstić information content (AvgIpc) is 2.67. The lowest BCUT2D eigenvalue weighted by atomic mass is 9.88. The first-order chi connectivity index (χ1) is 7.29. The molecule has 80 valence electrons. The van der Waals surface area contributed by atoms with Crippen molar-refractivity contribution >= 4 is 0 Å². The summed E-state index contributed by atoms with van der Waals surface area (Å²) >= 11 is 0. The molecule has 1 nitrogen and oxygen atoms in total. The van der Waals surface area contributed by atoms with E-state index in [-0.39, 0.29) is 0 Å². The standard InChI is InChI=1S/C14H19N/c1-14(9-5-6-10-14)12-15-11-13-7-3-2-4-8-13/h2-8,15H,9-12H2,1H3. The maximum atomic E-state index is 3.54. The summed E-state index contributed by atoms with van der Waals surface area (Å²) in [4.78, 5) is 0. The summed E-state index contributed by atoms with van der Waals surface area (Å²) in [5.74, 6) is 0. The van der Waals surface area contributed by atoms with Crippen molar-refractivity contribution in [2.24, 2.45) is 5.41 Å². The average molecular weight is 201 g/mol. The third-order valence-electron chi connectivity index (χ3n) is 3.11. The van der Waals surface area contributed by atoms with Gasteiger partial charge in [0.25, 0.3) is 0 Å². The fourth-order valence-corrected chi connectivity index (χ4v) is 2.07. The summed E-state index contributed by atoms with van der Waals surface area (Å²) in [6, 6.07) is 10.6. The predicted molar refractivity (Wildman–Crippen MR) is 64.6 cm³/mol. The molecule has 0 heterocycles. The van der Waals surface area contributed by atoms with Crippen LogP contribution >= 0.6 is 0 Å². The van der Waals surface area contributed by atoms with Gasteiger partial charge in [-0.3, -0.25) is 0 Å². The maximum absolute atomic E-state index is 3.54. The van der Waals surface area contributed by atoms with Gasteiger partial charge >= 0.3 is 0 Å². The molecule has 0 unspecified atom stereocenters. The lowest BCUT2D eigenvalue weighted by Gasteiger charge is -2.23. The molecule has 1 heteroatoms. The van der Waals surface area contributed by atoms with E-state index in [2.05, 4.69) is 54.7 Å². The summed E-state index contributed by atoms with van der Waals surface area (Å²) in [6.07, 6.45) is 7.03. The minimum absolute atomic E-state index is 0.453. The van der Waals surface area contributed by atoms with Gasteiger partial charge in [-0.2, -0.15) is 0 Å². The van der Waals surface area contributed by atoms with Crippen LogP contribution in [-0.4, -0.2) is 6.54 Å². The molecule has 0 saturated carbocycles. The van der Waals surface area contributed by atoms with Gasteiger partial charge in [-0.05, 0) is 23.8 Å². The van der Waals surface area contributed by atoms with Crippen molar-refractivity contribution in [2.75, 3.05) is 6.54 Å². The van der Waals surface area contributed by atoms with Gasteiger partial charge in [0, 0.05) is 13.1 Å². The second kappa shape index (κ2) is 4.63. The van der Waals surface area contributed by atoms with E-state index < -0.39 is 0 Å². The smallest absolute Gasteiger partial charge is 0.0205 e. The molecule has 0 aromatic heterocycles. The zero-order valence-electron chi connectivity index (χ0n) is 9.37. The second-order valence-electron chi connectivity index (χ2n) is 4.78. The fourth-order valence-electron chi connectivity index (χ4n) is 2.07. The van der Waals surface area contributed by atoms with E-state index in [4.69, 9.17) is 0 Å². The summed E-state index contributed by atoms with van der Waals surface area (Å²) in [5, 5.41) is 3.54. The van der Waals surface area contributed by atoms with Crippen LogP contribution in [0.1, 0.15) is 25.3 Å². The molecule has 1 aromatic rings. The Morgan fingerprint density at radius 1 is 1.13 bits per heavy atom. The molecule has 0 spiro atoms. The van der Waals surface area contributed by atoms with E-state index in [1.54, 1.807) is 0 Å². The molecule has 15 heavy (non-hydrogen) atoms. The monoisotopic (exact) mass is 201 g/mol. The van der Waals surface area contributed by atoms with Crippen LogP contribution in [0.3, 0.4) is 0 Å². The van der Waals surface area contributed by atoms with Crippen molar-refractivity contribution in [3.8, 4) is 0 Å². The number of nitrogens with one attached hydrogen (secondary N) is 1. The highest BCUT2D eigenvalue weighted by Gasteiger charge is 2.24. The van der Waals surface area contributed by atoms with Crippen molar-refractivity contribution in [3.63, 3.8) is 0 Å². The zero-order chi connectivity index (χ0) is 10.6. The van der Waals surface area contributed by atoms with E-state index in [0.29, 0.717) is 5.41 Å². The third-order valence-corrected chi connectivity index (χ3v) is 3.11. The van der Waals surface area contributed by atoms with E-state index in [9.17, 15) is 0 Å². The Morgan fingerprint density at radius 3 is 2.47 bits per heavy atom. The lowest BCUT2D eigenvalue weighted by molar-refractivity contribution is 0.327. The van der Waals surface area contributed by atoms with Crippen molar-refractivity contribution < 1.29 is 0 Å². The van der Waals surface area contributed by atoms with E-state index >= 15 is 0 Å². The first-order valence-corrected chi connectivity index (χ1v) is 5.68. The normalized spacial score (nSPS) is 18.2. The highest BCUT2D eigenvalue weighted by atomic mass is 14.9. The topological polar surface area (TPSA) is 12.0 Å². The van der Waals surface area contributed by atoms with Gasteiger partial charge in [0.2, 0.25) is 0 Å². The molecule has 0 amide bonds. The van der Waals surface area contributed by atoms with Crippen LogP contribution in [0.2, 0.25) is 0 Å². The Labute approximate surface area is 92.2 Å². The molecular weight excluding hydrogens is 182 g/mol. The van der Waals surface area contributed by atoms with Gasteiger partial charge in [-0.15, -0.1) is 0 Å². The van der Waals surface area contributed by atoms with Crippen LogP contribution in [-0.2, 0) is 6.54 Å². The van der Waals surface area contributed by atoms with Crippen LogP contribution in [0.4, 0.5) is 0 Å². The van der Waals surface area contributed by atoms with Gasteiger partial charge in [-0.25, -0.2) is 0 Å². The van der Waals surface area contributed by atoms with Crippen LogP contribution in [0.15, 0.2) is 42.5 Å². The fraction of sp³-hybridized carbons (Fsp3) is 0.429. The molecule has 0 atom stereocenters.